The summed E-state index contributed by atoms with van der Waals surface area (Å²) >= 11 is 0. The summed E-state index contributed by atoms with van der Waals surface area (Å²) in [6.07, 6.45) is 1.53. The molecular formula is C26H24N4O3. The Morgan fingerprint density at radius 3 is 2.58 bits per heavy atom. The number of aromatic amines is 1. The molecule has 0 unspecified atom stereocenters. The van der Waals surface area contributed by atoms with Crippen LogP contribution in [0.4, 0.5) is 0 Å². The third-order valence-electron chi connectivity index (χ3n) is 5.01. The summed E-state index contributed by atoms with van der Waals surface area (Å²) in [5, 5.41) is 11.0. The molecule has 0 aliphatic carbocycles. The number of amides is 1. The van der Waals surface area contributed by atoms with Gasteiger partial charge < -0.3 is 9.47 Å². The summed E-state index contributed by atoms with van der Waals surface area (Å²) in [5.41, 5.74) is 7.41. The highest BCUT2D eigenvalue weighted by Crippen LogP contribution is 2.22. The molecule has 7 nitrogen and oxygen atoms in total. The number of hydrazone groups is 1. The Balaban J connectivity index is 1.34. The van der Waals surface area contributed by atoms with Crippen LogP contribution in [-0.2, 0) is 6.61 Å². The second kappa shape index (κ2) is 10.3. The van der Waals surface area contributed by atoms with Crippen LogP contribution in [0.1, 0.15) is 27.2 Å². The molecule has 1 heterocycles. The smallest absolute Gasteiger partial charge is 0.289 e. The number of methoxy groups -OCH3 is 1. The first-order valence-corrected chi connectivity index (χ1v) is 10.4. The molecule has 166 valence electrons. The molecule has 0 spiro atoms. The highest BCUT2D eigenvalue weighted by molar-refractivity contribution is 5.94. The predicted octanol–water partition coefficient (Wildman–Crippen LogP) is 4.74. The second-order valence-electron chi connectivity index (χ2n) is 7.41. The number of nitrogens with zero attached hydrogens (tertiary/aromatic N) is 2. The molecule has 0 fully saturated rings. The lowest BCUT2D eigenvalue weighted by atomic mass is 10.1. The molecular weight excluding hydrogens is 416 g/mol. The number of hydrogen-bond donors (Lipinski definition) is 2. The van der Waals surface area contributed by atoms with Crippen molar-refractivity contribution in [3.63, 3.8) is 0 Å². The summed E-state index contributed by atoms with van der Waals surface area (Å²) in [5.74, 6) is 1.04. The molecule has 33 heavy (non-hydrogen) atoms. The Morgan fingerprint density at radius 1 is 1.06 bits per heavy atom. The van der Waals surface area contributed by atoms with Gasteiger partial charge in [-0.3, -0.25) is 9.89 Å². The van der Waals surface area contributed by atoms with Crippen molar-refractivity contribution in [2.75, 3.05) is 7.11 Å². The number of aryl methyl sites for hydroxylation is 1. The lowest BCUT2D eigenvalue weighted by molar-refractivity contribution is 0.0950. The minimum absolute atomic E-state index is 0.307. The van der Waals surface area contributed by atoms with Gasteiger partial charge in [-0.05, 0) is 55.0 Å². The van der Waals surface area contributed by atoms with E-state index in [1.54, 1.807) is 13.2 Å². The van der Waals surface area contributed by atoms with Crippen molar-refractivity contribution in [2.24, 2.45) is 5.10 Å². The van der Waals surface area contributed by atoms with Crippen LogP contribution in [0.15, 0.2) is 84.0 Å². The number of H-pyrrole nitrogens is 1. The molecule has 0 aliphatic heterocycles. The van der Waals surface area contributed by atoms with Crippen molar-refractivity contribution < 1.29 is 14.3 Å². The zero-order valence-corrected chi connectivity index (χ0v) is 18.4. The molecule has 0 atom stereocenters. The molecule has 1 amide bonds. The molecule has 3 aromatic carbocycles. The summed E-state index contributed by atoms with van der Waals surface area (Å²) in [6, 6.07) is 24.9. The quantitative estimate of drug-likeness (QED) is 0.306. The lowest BCUT2D eigenvalue weighted by Crippen LogP contribution is -2.18. The van der Waals surface area contributed by atoms with Crippen LogP contribution in [0, 0.1) is 6.92 Å². The minimum Gasteiger partial charge on any atom is -0.496 e. The van der Waals surface area contributed by atoms with Crippen LogP contribution < -0.4 is 14.9 Å². The molecule has 4 aromatic rings. The van der Waals surface area contributed by atoms with Crippen LogP contribution in [-0.4, -0.2) is 29.4 Å². The van der Waals surface area contributed by atoms with E-state index < -0.39 is 5.91 Å². The van der Waals surface area contributed by atoms with E-state index in [1.807, 2.05) is 48.5 Å². The topological polar surface area (TPSA) is 88.6 Å². The number of hydrogen-bond acceptors (Lipinski definition) is 5. The van der Waals surface area contributed by atoms with Crippen molar-refractivity contribution in [3.8, 4) is 22.8 Å². The zero-order chi connectivity index (χ0) is 23.0. The number of nitrogens with one attached hydrogen (secondary N) is 2. The third kappa shape index (κ3) is 5.65. The van der Waals surface area contributed by atoms with Crippen molar-refractivity contribution in [1.82, 2.24) is 15.6 Å². The SMILES string of the molecule is COc1ccccc1/C=N\NC(=O)c1cc(-c2ccc(OCc3ccc(C)cc3)cc2)n[nH]1. The highest BCUT2D eigenvalue weighted by Gasteiger charge is 2.11. The molecule has 0 bridgehead atoms. The van der Waals surface area contributed by atoms with Crippen molar-refractivity contribution in [1.29, 1.82) is 0 Å². The molecule has 0 saturated heterocycles. The first kappa shape index (κ1) is 21.8. The minimum atomic E-state index is -0.391. The van der Waals surface area contributed by atoms with Gasteiger partial charge in [0, 0.05) is 11.1 Å². The Labute approximate surface area is 192 Å². The highest BCUT2D eigenvalue weighted by atomic mass is 16.5. The number of carbonyl (C=O) groups excluding carboxylic acids is 1. The Hall–Kier alpha value is -4.39. The summed E-state index contributed by atoms with van der Waals surface area (Å²) in [6.45, 7) is 2.56. The average molecular weight is 441 g/mol. The van der Waals surface area contributed by atoms with E-state index in [9.17, 15) is 4.79 Å². The monoisotopic (exact) mass is 440 g/mol. The van der Waals surface area contributed by atoms with Crippen molar-refractivity contribution in [2.45, 2.75) is 13.5 Å². The fourth-order valence-electron chi connectivity index (χ4n) is 3.15. The number of aromatic nitrogens is 2. The maximum atomic E-state index is 12.4. The van der Waals surface area contributed by atoms with Crippen LogP contribution in [0.5, 0.6) is 11.5 Å². The van der Waals surface area contributed by atoms with Crippen LogP contribution >= 0.6 is 0 Å². The van der Waals surface area contributed by atoms with Gasteiger partial charge in [-0.25, -0.2) is 5.43 Å². The van der Waals surface area contributed by atoms with E-state index in [0.717, 1.165) is 22.4 Å². The Morgan fingerprint density at radius 2 is 1.82 bits per heavy atom. The van der Waals surface area contributed by atoms with Gasteiger partial charge in [-0.2, -0.15) is 10.2 Å². The van der Waals surface area contributed by atoms with Gasteiger partial charge in [-0.15, -0.1) is 0 Å². The first-order chi connectivity index (χ1) is 16.1. The number of benzene rings is 3. The zero-order valence-electron chi connectivity index (χ0n) is 18.4. The van der Waals surface area contributed by atoms with Crippen LogP contribution in [0.3, 0.4) is 0 Å². The van der Waals surface area contributed by atoms with Crippen molar-refractivity contribution >= 4 is 12.1 Å². The first-order valence-electron chi connectivity index (χ1n) is 10.4. The maximum absolute atomic E-state index is 12.4. The Kier molecular flexibility index (Phi) is 6.80. The molecule has 4 rings (SSSR count). The van der Waals surface area contributed by atoms with E-state index in [4.69, 9.17) is 9.47 Å². The molecule has 2 N–H and O–H groups in total. The van der Waals surface area contributed by atoms with E-state index in [-0.39, 0.29) is 0 Å². The van der Waals surface area contributed by atoms with Gasteiger partial charge in [-0.1, -0.05) is 42.0 Å². The summed E-state index contributed by atoms with van der Waals surface area (Å²) < 4.78 is 11.1. The van der Waals surface area contributed by atoms with E-state index in [0.29, 0.717) is 23.7 Å². The van der Waals surface area contributed by atoms with Gasteiger partial charge in [0.25, 0.3) is 5.91 Å². The van der Waals surface area contributed by atoms with E-state index >= 15 is 0 Å². The lowest BCUT2D eigenvalue weighted by Gasteiger charge is -2.07. The fourth-order valence-corrected chi connectivity index (χ4v) is 3.15. The fraction of sp³-hybridized carbons (Fsp3) is 0.115. The van der Waals surface area contributed by atoms with Crippen LogP contribution in [0.25, 0.3) is 11.3 Å². The maximum Gasteiger partial charge on any atom is 0.289 e. The predicted molar refractivity (Wildman–Crippen MR) is 128 cm³/mol. The van der Waals surface area contributed by atoms with Gasteiger partial charge in [0.15, 0.2) is 0 Å². The van der Waals surface area contributed by atoms with Crippen molar-refractivity contribution in [3.05, 3.63) is 101 Å². The largest absolute Gasteiger partial charge is 0.496 e. The standard InChI is InChI=1S/C26H24N4O3/c1-18-7-9-19(10-8-18)17-33-22-13-11-20(12-14-22)23-15-24(29-28-23)26(31)30-27-16-21-5-3-4-6-25(21)32-2/h3-16H,17H2,1-2H3,(H,28,29)(H,30,31)/b27-16-. The van der Waals surface area contributed by atoms with Gasteiger partial charge in [0.05, 0.1) is 19.0 Å². The number of rotatable bonds is 8. The number of carbonyl (C=O) groups is 1. The molecule has 7 heteroatoms. The van der Waals surface area contributed by atoms with Crippen LogP contribution in [0.2, 0.25) is 0 Å². The molecule has 0 aliphatic rings. The van der Waals surface area contributed by atoms with Gasteiger partial charge in [0.2, 0.25) is 0 Å². The summed E-state index contributed by atoms with van der Waals surface area (Å²) in [4.78, 5) is 12.4. The molecule has 0 saturated carbocycles. The van der Waals surface area contributed by atoms with Gasteiger partial charge in [0.1, 0.15) is 23.8 Å². The number of ether oxygens (including phenoxy) is 2. The van der Waals surface area contributed by atoms with E-state index in [1.165, 1.54) is 11.8 Å². The normalized spacial score (nSPS) is 10.8. The Bertz CT molecular complexity index is 1250. The average Bonchev–Trinajstić information content (AvgIpc) is 3.35. The molecule has 0 radical (unpaired) electrons. The summed E-state index contributed by atoms with van der Waals surface area (Å²) in [7, 11) is 1.58. The number of para-hydroxylation sites is 1. The second-order valence-corrected chi connectivity index (χ2v) is 7.41. The van der Waals surface area contributed by atoms with Gasteiger partial charge >= 0.3 is 0 Å². The third-order valence-corrected chi connectivity index (χ3v) is 5.01. The molecule has 1 aromatic heterocycles. The van der Waals surface area contributed by atoms with E-state index in [2.05, 4.69) is 51.9 Å².